The highest BCUT2D eigenvalue weighted by atomic mass is 16.2. The van der Waals surface area contributed by atoms with Crippen LogP contribution in [0.2, 0.25) is 0 Å². The van der Waals surface area contributed by atoms with Crippen LogP contribution in [0.4, 0.5) is 0 Å². The molecule has 2 rings (SSSR count). The van der Waals surface area contributed by atoms with Gasteiger partial charge in [0.25, 0.3) is 0 Å². The highest BCUT2D eigenvalue weighted by molar-refractivity contribution is 6.39. The highest BCUT2D eigenvalue weighted by Crippen LogP contribution is 2.15. The quantitative estimate of drug-likeness (QED) is 0.589. The molecule has 0 radical (unpaired) electrons. The molecule has 1 saturated heterocycles. The van der Waals surface area contributed by atoms with Gasteiger partial charge in [0.2, 0.25) is 5.78 Å². The Kier molecular flexibility index (Phi) is 1.83. The maximum absolute atomic E-state index is 11.2. The molecule has 0 spiro atoms. The predicted molar refractivity (Wildman–Crippen MR) is 45.5 cm³/mol. The summed E-state index contributed by atoms with van der Waals surface area (Å²) in [5, 5.41) is 0. The van der Waals surface area contributed by atoms with Crippen molar-refractivity contribution in [3.8, 4) is 0 Å². The molecule has 1 aromatic rings. The number of carbonyl (C=O) groups excluding carboxylic acids is 2. The summed E-state index contributed by atoms with van der Waals surface area (Å²) in [5.74, 6) is -1.01. The van der Waals surface area contributed by atoms with Gasteiger partial charge in [-0.2, -0.15) is 0 Å². The smallest absolute Gasteiger partial charge is 0.286 e. The van der Waals surface area contributed by atoms with E-state index in [0.29, 0.717) is 0 Å². The van der Waals surface area contributed by atoms with Gasteiger partial charge in [0.05, 0.1) is 0 Å². The van der Waals surface area contributed by atoms with E-state index in [1.54, 1.807) is 12.1 Å². The van der Waals surface area contributed by atoms with Gasteiger partial charge in [-0.05, 0) is 5.56 Å². The second-order valence-corrected chi connectivity index (χ2v) is 2.81. The first kappa shape index (κ1) is 7.94. The lowest BCUT2D eigenvalue weighted by Gasteiger charge is -2.05. The van der Waals surface area contributed by atoms with E-state index in [9.17, 15) is 9.59 Å². The Morgan fingerprint density at radius 1 is 1.08 bits per heavy atom. The molecule has 4 heteroatoms. The molecule has 0 aromatic heterocycles. The number of rotatable bonds is 1. The minimum Gasteiger partial charge on any atom is -0.286 e. The third kappa shape index (κ3) is 1.31. The molecule has 1 unspecified atom stereocenters. The number of hydrazine groups is 1. The summed E-state index contributed by atoms with van der Waals surface area (Å²) in [5.41, 5.74) is 5.70. The van der Waals surface area contributed by atoms with Crippen molar-refractivity contribution in [2.45, 2.75) is 6.04 Å². The predicted octanol–water partition coefficient (Wildman–Crippen LogP) is -0.0688. The molecule has 13 heavy (non-hydrogen) atoms. The average molecular weight is 176 g/mol. The van der Waals surface area contributed by atoms with Crippen LogP contribution in [0.25, 0.3) is 0 Å². The first-order valence-electron chi connectivity index (χ1n) is 3.93. The van der Waals surface area contributed by atoms with Crippen molar-refractivity contribution in [3.63, 3.8) is 0 Å². The van der Waals surface area contributed by atoms with Gasteiger partial charge in [-0.15, -0.1) is 0 Å². The monoisotopic (exact) mass is 176 g/mol. The Morgan fingerprint density at radius 3 is 2.31 bits per heavy atom. The number of hydrogen-bond acceptors (Lipinski definition) is 3. The lowest BCUT2D eigenvalue weighted by Crippen LogP contribution is -2.27. The molecule has 1 fully saturated rings. The Balaban J connectivity index is 2.29. The summed E-state index contributed by atoms with van der Waals surface area (Å²) in [6, 6.07) is 8.58. The number of Topliss-reactive ketones (excluding diaryl/α,β-unsaturated/α-hetero) is 1. The first-order valence-corrected chi connectivity index (χ1v) is 3.93. The van der Waals surface area contributed by atoms with Crippen molar-refractivity contribution in [1.82, 2.24) is 10.9 Å². The molecular formula is C9H8N2O2. The first-order chi connectivity index (χ1) is 6.29. The van der Waals surface area contributed by atoms with Crippen LogP contribution in [-0.4, -0.2) is 11.7 Å². The summed E-state index contributed by atoms with van der Waals surface area (Å²) >= 11 is 0. The fraction of sp³-hybridized carbons (Fsp3) is 0.111. The van der Waals surface area contributed by atoms with Gasteiger partial charge in [-0.1, -0.05) is 30.3 Å². The van der Waals surface area contributed by atoms with Gasteiger partial charge >= 0.3 is 5.91 Å². The maximum Gasteiger partial charge on any atom is 0.303 e. The van der Waals surface area contributed by atoms with Crippen LogP contribution >= 0.6 is 0 Å². The zero-order valence-electron chi connectivity index (χ0n) is 6.78. The van der Waals surface area contributed by atoms with Crippen LogP contribution < -0.4 is 10.9 Å². The van der Waals surface area contributed by atoms with Crippen LogP contribution in [0.3, 0.4) is 0 Å². The minimum atomic E-state index is -0.575. The number of amides is 1. The summed E-state index contributed by atoms with van der Waals surface area (Å²) in [6.45, 7) is 0. The molecule has 1 amide bonds. The van der Waals surface area contributed by atoms with E-state index in [-0.39, 0.29) is 0 Å². The van der Waals surface area contributed by atoms with Crippen LogP contribution in [0.1, 0.15) is 11.6 Å². The van der Waals surface area contributed by atoms with Crippen molar-refractivity contribution in [2.75, 3.05) is 0 Å². The van der Waals surface area contributed by atoms with Crippen molar-refractivity contribution in [3.05, 3.63) is 35.9 Å². The van der Waals surface area contributed by atoms with Crippen LogP contribution in [0.5, 0.6) is 0 Å². The summed E-state index contributed by atoms with van der Waals surface area (Å²) in [6.07, 6.45) is 0. The molecule has 0 saturated carbocycles. The summed E-state index contributed by atoms with van der Waals surface area (Å²) in [4.78, 5) is 22.1. The zero-order chi connectivity index (χ0) is 9.26. The summed E-state index contributed by atoms with van der Waals surface area (Å²) in [7, 11) is 0. The van der Waals surface area contributed by atoms with E-state index < -0.39 is 17.7 Å². The topological polar surface area (TPSA) is 58.2 Å². The number of benzene rings is 1. The van der Waals surface area contributed by atoms with Gasteiger partial charge < -0.3 is 0 Å². The number of hydrogen-bond donors (Lipinski definition) is 2. The average Bonchev–Trinajstić information content (AvgIpc) is 2.49. The molecule has 1 atom stereocenters. The second kappa shape index (κ2) is 2.99. The molecule has 0 aliphatic carbocycles. The Morgan fingerprint density at radius 2 is 1.77 bits per heavy atom. The summed E-state index contributed by atoms with van der Waals surface area (Å²) < 4.78 is 0. The molecule has 0 bridgehead atoms. The third-order valence-electron chi connectivity index (χ3n) is 1.95. The molecule has 2 N–H and O–H groups in total. The lowest BCUT2D eigenvalue weighted by atomic mass is 10.0. The molecule has 1 heterocycles. The normalized spacial score (nSPS) is 21.7. The van der Waals surface area contributed by atoms with Gasteiger partial charge in [0, 0.05) is 0 Å². The van der Waals surface area contributed by atoms with E-state index in [1.165, 1.54) is 0 Å². The van der Waals surface area contributed by atoms with Gasteiger partial charge in [-0.3, -0.25) is 15.0 Å². The largest absolute Gasteiger partial charge is 0.303 e. The molecule has 1 aliphatic heterocycles. The van der Waals surface area contributed by atoms with Gasteiger partial charge in [0.1, 0.15) is 6.04 Å². The van der Waals surface area contributed by atoms with E-state index in [0.717, 1.165) is 5.56 Å². The number of nitrogens with one attached hydrogen (secondary N) is 2. The van der Waals surface area contributed by atoms with Crippen molar-refractivity contribution in [2.24, 2.45) is 0 Å². The standard InChI is InChI=1S/C9H8N2O2/c12-8-7(10-11-9(8)13)6-4-2-1-3-5-6/h1-5,7,10H,(H,11,13). The fourth-order valence-corrected chi connectivity index (χ4v) is 1.28. The minimum absolute atomic E-state index is 0.439. The number of ketones is 1. The SMILES string of the molecule is O=C1NNC(c2ccccc2)C1=O. The van der Waals surface area contributed by atoms with E-state index >= 15 is 0 Å². The van der Waals surface area contributed by atoms with Crippen molar-refractivity contribution in [1.29, 1.82) is 0 Å². The van der Waals surface area contributed by atoms with Crippen LogP contribution in [0.15, 0.2) is 30.3 Å². The Labute approximate surface area is 74.9 Å². The van der Waals surface area contributed by atoms with Crippen molar-refractivity contribution >= 4 is 11.7 Å². The van der Waals surface area contributed by atoms with E-state index in [1.807, 2.05) is 18.2 Å². The van der Waals surface area contributed by atoms with E-state index in [4.69, 9.17) is 0 Å². The van der Waals surface area contributed by atoms with Crippen LogP contribution in [-0.2, 0) is 9.59 Å². The van der Waals surface area contributed by atoms with Gasteiger partial charge in [0.15, 0.2) is 0 Å². The fourth-order valence-electron chi connectivity index (χ4n) is 1.28. The number of carbonyl (C=O) groups is 2. The molecule has 1 aromatic carbocycles. The lowest BCUT2D eigenvalue weighted by molar-refractivity contribution is -0.135. The molecular weight excluding hydrogens is 168 g/mol. The van der Waals surface area contributed by atoms with E-state index in [2.05, 4.69) is 10.9 Å². The Bertz CT molecular complexity index is 348. The van der Waals surface area contributed by atoms with Gasteiger partial charge in [-0.25, -0.2) is 5.43 Å². The maximum atomic E-state index is 11.2. The molecule has 66 valence electrons. The Hall–Kier alpha value is -1.68. The molecule has 4 nitrogen and oxygen atoms in total. The second-order valence-electron chi connectivity index (χ2n) is 2.81. The highest BCUT2D eigenvalue weighted by Gasteiger charge is 2.32. The molecule has 1 aliphatic rings. The van der Waals surface area contributed by atoms with Crippen molar-refractivity contribution < 1.29 is 9.59 Å². The third-order valence-corrected chi connectivity index (χ3v) is 1.95. The zero-order valence-corrected chi connectivity index (χ0v) is 6.78. The van der Waals surface area contributed by atoms with Crippen LogP contribution in [0, 0.1) is 0 Å².